The number of phenols is 1. The van der Waals surface area contributed by atoms with Gasteiger partial charge in [0.15, 0.2) is 0 Å². The summed E-state index contributed by atoms with van der Waals surface area (Å²) in [5.41, 5.74) is 0.440. The van der Waals surface area contributed by atoms with Crippen LogP contribution in [0.15, 0.2) is 109 Å². The van der Waals surface area contributed by atoms with Gasteiger partial charge >= 0.3 is 6.36 Å². The molecule has 2 aliphatic carbocycles. The first-order valence-corrected chi connectivity index (χ1v) is 19.0. The zero-order valence-electron chi connectivity index (χ0n) is 30.2. The van der Waals surface area contributed by atoms with Crippen LogP contribution >= 0.6 is 11.6 Å². The number of benzene rings is 4. The molecule has 1 N–H and O–H groups in total. The molecular weight excluding hydrogens is 763 g/mol. The van der Waals surface area contributed by atoms with Crippen molar-refractivity contribution >= 4 is 52.3 Å². The first-order chi connectivity index (χ1) is 27.4. The summed E-state index contributed by atoms with van der Waals surface area (Å²) in [6, 6.07) is 24.9. The third-order valence-electron chi connectivity index (χ3n) is 12.2. The highest BCUT2D eigenvalue weighted by Crippen LogP contribution is 2.65. The van der Waals surface area contributed by atoms with E-state index >= 15 is 4.79 Å². The molecule has 292 valence electrons. The zero-order valence-corrected chi connectivity index (χ0v) is 31.0. The molecule has 3 aliphatic heterocycles. The second-order valence-corrected chi connectivity index (χ2v) is 15.4. The van der Waals surface area contributed by atoms with Crippen LogP contribution in [0, 0.1) is 23.7 Å². The third-order valence-corrected chi connectivity index (χ3v) is 12.4. The summed E-state index contributed by atoms with van der Waals surface area (Å²) in [4.78, 5) is 63.7. The Kier molecular flexibility index (Phi) is 8.93. The number of alkyl halides is 3. The molecule has 4 fully saturated rings. The van der Waals surface area contributed by atoms with Crippen LogP contribution in [0.1, 0.15) is 29.9 Å². The highest BCUT2D eigenvalue weighted by molar-refractivity contribution is 6.32. The number of rotatable bonds is 6. The molecule has 5 aliphatic rings. The number of carbonyl (C=O) groups is 4. The van der Waals surface area contributed by atoms with Crippen molar-refractivity contribution in [3.63, 3.8) is 0 Å². The lowest BCUT2D eigenvalue weighted by atomic mass is 9.49. The van der Waals surface area contributed by atoms with Gasteiger partial charge < -0.3 is 19.5 Å². The lowest BCUT2D eigenvalue weighted by molar-refractivity contribution is -0.274. The van der Waals surface area contributed by atoms with Crippen molar-refractivity contribution in [3.05, 3.63) is 125 Å². The van der Waals surface area contributed by atoms with Crippen LogP contribution in [-0.4, -0.2) is 61.4 Å². The minimum Gasteiger partial charge on any atom is -0.508 e. The van der Waals surface area contributed by atoms with E-state index in [2.05, 4.69) is 9.64 Å². The number of hydrogen-bond acceptors (Lipinski definition) is 8. The van der Waals surface area contributed by atoms with Crippen molar-refractivity contribution in [2.24, 2.45) is 23.7 Å². The molecule has 9 rings (SSSR count). The van der Waals surface area contributed by atoms with Gasteiger partial charge in [-0.05, 0) is 85.0 Å². The molecule has 14 heteroatoms. The number of amides is 4. The summed E-state index contributed by atoms with van der Waals surface area (Å²) >= 11 is 6.36. The monoisotopic (exact) mass is 797 g/mol. The molecular formula is C43H35ClF3N3O7. The van der Waals surface area contributed by atoms with Gasteiger partial charge in [0.1, 0.15) is 11.5 Å². The van der Waals surface area contributed by atoms with Gasteiger partial charge in [0.2, 0.25) is 23.6 Å². The van der Waals surface area contributed by atoms with Gasteiger partial charge in [-0.2, -0.15) is 0 Å². The predicted octanol–water partition coefficient (Wildman–Crippen LogP) is 7.15. The van der Waals surface area contributed by atoms with Gasteiger partial charge in [0, 0.05) is 35.3 Å². The standard InChI is InChI=1S/C43H35ClF3N3O7/c44-25-7-4-8-28(21-25)50-39(53)34-23-32-30(14-15-31-36(32)40(54)49(38(31)52)27-11-9-26(10-12-27)48-17-19-56-20-18-48)37(42(34,41(50)55)24-5-2-1-3-6-24)33-22-29(13-16-35(33)51)57-43(45,46)47/h1-14,16,21-22,31-32,34,36-37,51H,15,17-20,23H2. The number of carbonyl (C=O) groups excluding carboxylic acids is 4. The smallest absolute Gasteiger partial charge is 0.508 e. The number of imide groups is 2. The SMILES string of the molecule is O=C1C2CC=C3C(CC4C(=O)N(c5cccc(Cl)c5)C(=O)C4(c4ccccc4)C3c3cc(OC(F)(F)F)ccc3O)C2C(=O)N1c1ccc(N2CCOCC2)cc1. The van der Waals surface area contributed by atoms with E-state index < -0.39 is 76.5 Å². The van der Waals surface area contributed by atoms with E-state index in [1.54, 1.807) is 66.7 Å². The number of ether oxygens (including phenoxy) is 2. The largest absolute Gasteiger partial charge is 0.573 e. The van der Waals surface area contributed by atoms with Crippen molar-refractivity contribution in [3.8, 4) is 11.5 Å². The Morgan fingerprint density at radius 3 is 2.19 bits per heavy atom. The molecule has 3 saturated heterocycles. The Balaban J connectivity index is 1.20. The molecule has 4 amide bonds. The highest BCUT2D eigenvalue weighted by Gasteiger charge is 2.70. The average Bonchev–Trinajstić information content (AvgIpc) is 3.59. The second-order valence-electron chi connectivity index (χ2n) is 15.0. The molecule has 0 aromatic heterocycles. The number of halogens is 4. The van der Waals surface area contributed by atoms with Crippen LogP contribution in [0.3, 0.4) is 0 Å². The molecule has 57 heavy (non-hydrogen) atoms. The molecule has 6 atom stereocenters. The van der Waals surface area contributed by atoms with Gasteiger partial charge in [-0.15, -0.1) is 13.2 Å². The number of nitrogens with zero attached hydrogens (tertiary/aromatic N) is 3. The Bertz CT molecular complexity index is 2330. The van der Waals surface area contributed by atoms with Gasteiger partial charge in [-0.1, -0.05) is 59.6 Å². The number of morpholine rings is 1. The van der Waals surface area contributed by atoms with Gasteiger partial charge in [-0.25, -0.2) is 4.90 Å². The number of aromatic hydroxyl groups is 1. The first-order valence-electron chi connectivity index (χ1n) is 18.7. The minimum atomic E-state index is -5.08. The fourth-order valence-corrected chi connectivity index (χ4v) is 10.1. The van der Waals surface area contributed by atoms with Crippen molar-refractivity contribution in [1.82, 2.24) is 0 Å². The Hall–Kier alpha value is -5.66. The fraction of sp³-hybridized carbons (Fsp3) is 0.302. The maximum absolute atomic E-state index is 15.4. The molecule has 1 saturated carbocycles. The van der Waals surface area contributed by atoms with Gasteiger partial charge in [0.05, 0.1) is 47.8 Å². The zero-order chi connectivity index (χ0) is 39.8. The fourth-order valence-electron chi connectivity index (χ4n) is 9.94. The number of hydrogen-bond donors (Lipinski definition) is 1. The number of fused-ring (bicyclic) bond motifs is 4. The topological polar surface area (TPSA) is 117 Å². The van der Waals surface area contributed by atoms with E-state index in [0.717, 1.165) is 28.8 Å². The van der Waals surface area contributed by atoms with E-state index in [0.29, 0.717) is 43.1 Å². The summed E-state index contributed by atoms with van der Waals surface area (Å²) in [7, 11) is 0. The van der Waals surface area contributed by atoms with Crippen LogP contribution < -0.4 is 19.4 Å². The Morgan fingerprint density at radius 2 is 1.49 bits per heavy atom. The van der Waals surface area contributed by atoms with Crippen molar-refractivity contribution in [1.29, 1.82) is 0 Å². The molecule has 4 aromatic carbocycles. The molecule has 0 bridgehead atoms. The molecule has 3 heterocycles. The van der Waals surface area contributed by atoms with Gasteiger partial charge in [-0.3, -0.25) is 24.1 Å². The third kappa shape index (κ3) is 5.89. The molecule has 0 spiro atoms. The predicted molar refractivity (Wildman–Crippen MR) is 203 cm³/mol. The highest BCUT2D eigenvalue weighted by atomic mass is 35.5. The molecule has 6 unspecified atom stereocenters. The lowest BCUT2D eigenvalue weighted by Crippen LogP contribution is -2.53. The van der Waals surface area contributed by atoms with E-state index in [1.165, 1.54) is 11.0 Å². The van der Waals surface area contributed by atoms with Crippen LogP contribution in [0.2, 0.25) is 5.02 Å². The molecule has 10 nitrogen and oxygen atoms in total. The summed E-state index contributed by atoms with van der Waals surface area (Å²) in [5, 5.41) is 11.8. The van der Waals surface area contributed by atoms with E-state index in [1.807, 2.05) is 12.1 Å². The summed E-state index contributed by atoms with van der Waals surface area (Å²) < 4.78 is 50.7. The van der Waals surface area contributed by atoms with Crippen LogP contribution in [0.4, 0.5) is 30.2 Å². The molecule has 4 aromatic rings. The van der Waals surface area contributed by atoms with Crippen molar-refractivity contribution < 1.29 is 46.9 Å². The van der Waals surface area contributed by atoms with Crippen LogP contribution in [-0.2, 0) is 29.3 Å². The van der Waals surface area contributed by atoms with E-state index in [9.17, 15) is 32.7 Å². The number of anilines is 3. The normalized spacial score (nSPS) is 27.3. The lowest BCUT2D eigenvalue weighted by Gasteiger charge is -2.50. The minimum absolute atomic E-state index is 0.0393. The maximum atomic E-state index is 15.4. The van der Waals surface area contributed by atoms with E-state index in [-0.39, 0.29) is 29.1 Å². The maximum Gasteiger partial charge on any atom is 0.573 e. The summed E-state index contributed by atoms with van der Waals surface area (Å²) in [6.45, 7) is 2.57. The number of phenolic OH excluding ortho intramolecular Hbond substituents is 1. The Morgan fingerprint density at radius 1 is 0.772 bits per heavy atom. The Labute approximate surface area is 330 Å². The van der Waals surface area contributed by atoms with Crippen LogP contribution in [0.25, 0.3) is 0 Å². The first kappa shape index (κ1) is 36.9. The number of allylic oxidation sites excluding steroid dienone is 2. The summed E-state index contributed by atoms with van der Waals surface area (Å²) in [6.07, 6.45) is -3.27. The summed E-state index contributed by atoms with van der Waals surface area (Å²) in [5.74, 6) is -8.29. The van der Waals surface area contributed by atoms with Crippen molar-refractivity contribution in [2.45, 2.75) is 30.5 Å². The quantitative estimate of drug-likeness (QED) is 0.162. The van der Waals surface area contributed by atoms with E-state index in [4.69, 9.17) is 16.3 Å². The van der Waals surface area contributed by atoms with Crippen LogP contribution in [0.5, 0.6) is 11.5 Å². The van der Waals surface area contributed by atoms with Crippen molar-refractivity contribution in [2.75, 3.05) is 41.0 Å². The molecule has 0 radical (unpaired) electrons. The second kappa shape index (κ2) is 13.8. The average molecular weight is 798 g/mol. The van der Waals surface area contributed by atoms with Gasteiger partial charge in [0.25, 0.3) is 0 Å².